The van der Waals surface area contributed by atoms with Crippen molar-refractivity contribution in [3.63, 3.8) is 0 Å². The quantitative estimate of drug-likeness (QED) is 0.706. The zero-order chi connectivity index (χ0) is 15.4. The van der Waals surface area contributed by atoms with Crippen LogP contribution in [0.5, 0.6) is 0 Å². The molecule has 0 saturated heterocycles. The Morgan fingerprint density at radius 2 is 1.86 bits per heavy atom. The molecule has 0 aliphatic carbocycles. The fourth-order valence-corrected chi connectivity index (χ4v) is 2.63. The van der Waals surface area contributed by atoms with Crippen molar-refractivity contribution >= 4 is 11.0 Å². The Labute approximate surface area is 129 Å². The van der Waals surface area contributed by atoms with E-state index in [0.717, 1.165) is 42.8 Å². The van der Waals surface area contributed by atoms with E-state index in [1.54, 1.807) is 0 Å². The molecule has 0 unspecified atom stereocenters. The Morgan fingerprint density at radius 1 is 1.09 bits per heavy atom. The lowest BCUT2D eigenvalue weighted by molar-refractivity contribution is 0.618. The summed E-state index contributed by atoms with van der Waals surface area (Å²) in [5.41, 5.74) is 3.33. The van der Waals surface area contributed by atoms with E-state index in [9.17, 15) is 4.39 Å². The Kier molecular flexibility index (Phi) is 4.49. The highest BCUT2D eigenvalue weighted by Gasteiger charge is 2.06. The van der Waals surface area contributed by atoms with Crippen LogP contribution in [-0.2, 0) is 20.0 Å². The third-order valence-electron chi connectivity index (χ3n) is 3.88. The van der Waals surface area contributed by atoms with Gasteiger partial charge in [0.2, 0.25) is 0 Å². The summed E-state index contributed by atoms with van der Waals surface area (Å²) in [4.78, 5) is 4.67. The van der Waals surface area contributed by atoms with Crippen LogP contribution in [0, 0.1) is 5.82 Å². The molecule has 0 amide bonds. The molecule has 0 spiro atoms. The van der Waals surface area contributed by atoms with Crippen molar-refractivity contribution in [2.75, 3.05) is 6.54 Å². The van der Waals surface area contributed by atoms with E-state index < -0.39 is 0 Å². The van der Waals surface area contributed by atoms with Crippen LogP contribution in [-0.4, -0.2) is 16.1 Å². The largest absolute Gasteiger partial charge is 0.331 e. The first kappa shape index (κ1) is 14.7. The number of aromatic nitrogens is 2. The van der Waals surface area contributed by atoms with Crippen molar-refractivity contribution < 1.29 is 4.39 Å². The third kappa shape index (κ3) is 3.34. The molecule has 4 heteroatoms. The lowest BCUT2D eigenvalue weighted by Crippen LogP contribution is -2.15. The molecule has 114 valence electrons. The van der Waals surface area contributed by atoms with Crippen molar-refractivity contribution in [3.8, 4) is 0 Å². The maximum absolute atomic E-state index is 12.8. The molecule has 1 aromatic heterocycles. The SMILES string of the molecule is Cn1c(CCCNCc2ccc(F)cc2)nc2ccccc21. The molecule has 0 radical (unpaired) electrons. The van der Waals surface area contributed by atoms with Crippen molar-refractivity contribution in [2.45, 2.75) is 19.4 Å². The number of para-hydroxylation sites is 2. The van der Waals surface area contributed by atoms with Gasteiger partial charge < -0.3 is 9.88 Å². The standard InChI is InChI=1S/C18H20FN3/c1-22-17-6-3-2-5-16(17)21-18(22)7-4-12-20-13-14-8-10-15(19)11-9-14/h2-3,5-6,8-11,20H,4,7,12-13H2,1H3. The van der Waals surface area contributed by atoms with Gasteiger partial charge in [-0.1, -0.05) is 24.3 Å². The van der Waals surface area contributed by atoms with E-state index in [-0.39, 0.29) is 5.82 Å². The highest BCUT2D eigenvalue weighted by atomic mass is 19.1. The summed E-state index contributed by atoms with van der Waals surface area (Å²) in [6.45, 7) is 1.68. The lowest BCUT2D eigenvalue weighted by Gasteiger charge is -2.05. The van der Waals surface area contributed by atoms with E-state index in [2.05, 4.69) is 28.0 Å². The molecule has 3 aromatic rings. The minimum absolute atomic E-state index is 0.189. The van der Waals surface area contributed by atoms with Crippen molar-refractivity contribution in [3.05, 3.63) is 65.7 Å². The van der Waals surface area contributed by atoms with Crippen LogP contribution in [0.25, 0.3) is 11.0 Å². The first-order valence-electron chi connectivity index (χ1n) is 7.59. The lowest BCUT2D eigenvalue weighted by atomic mass is 10.2. The van der Waals surface area contributed by atoms with Crippen molar-refractivity contribution in [1.82, 2.24) is 14.9 Å². The maximum Gasteiger partial charge on any atom is 0.123 e. The summed E-state index contributed by atoms with van der Waals surface area (Å²) in [6.07, 6.45) is 1.97. The van der Waals surface area contributed by atoms with Crippen LogP contribution >= 0.6 is 0 Å². The zero-order valence-electron chi connectivity index (χ0n) is 12.7. The molecule has 0 aliphatic rings. The Morgan fingerprint density at radius 3 is 2.64 bits per heavy atom. The van der Waals surface area contributed by atoms with E-state index in [1.807, 2.05) is 30.3 Å². The molecule has 0 aliphatic heterocycles. The molecule has 0 bridgehead atoms. The molecule has 22 heavy (non-hydrogen) atoms. The second kappa shape index (κ2) is 6.71. The number of rotatable bonds is 6. The van der Waals surface area contributed by atoms with Crippen molar-refractivity contribution in [1.29, 1.82) is 0 Å². The van der Waals surface area contributed by atoms with Crippen LogP contribution in [0.2, 0.25) is 0 Å². The molecule has 1 N–H and O–H groups in total. The normalized spacial score (nSPS) is 11.2. The molecule has 1 heterocycles. The number of nitrogens with one attached hydrogen (secondary N) is 1. The molecule has 3 rings (SSSR count). The molecular formula is C18H20FN3. The molecular weight excluding hydrogens is 277 g/mol. The third-order valence-corrected chi connectivity index (χ3v) is 3.88. The number of halogens is 1. The van der Waals surface area contributed by atoms with Gasteiger partial charge in [-0.2, -0.15) is 0 Å². The minimum Gasteiger partial charge on any atom is -0.331 e. The molecule has 0 atom stereocenters. The Balaban J connectivity index is 1.48. The van der Waals surface area contributed by atoms with Crippen LogP contribution in [0.3, 0.4) is 0 Å². The van der Waals surface area contributed by atoms with E-state index >= 15 is 0 Å². The summed E-state index contributed by atoms with van der Waals surface area (Å²) in [6, 6.07) is 14.8. The summed E-state index contributed by atoms with van der Waals surface area (Å²) < 4.78 is 15.0. The fourth-order valence-electron chi connectivity index (χ4n) is 2.63. The topological polar surface area (TPSA) is 29.9 Å². The second-order valence-electron chi connectivity index (χ2n) is 5.48. The van der Waals surface area contributed by atoms with Crippen LogP contribution < -0.4 is 5.32 Å². The number of nitrogens with zero attached hydrogens (tertiary/aromatic N) is 2. The second-order valence-corrected chi connectivity index (χ2v) is 5.48. The van der Waals surface area contributed by atoms with Gasteiger partial charge in [-0.3, -0.25) is 0 Å². The first-order valence-corrected chi connectivity index (χ1v) is 7.59. The first-order chi connectivity index (χ1) is 10.7. The number of benzene rings is 2. The van der Waals surface area contributed by atoms with Gasteiger partial charge in [0, 0.05) is 20.0 Å². The van der Waals surface area contributed by atoms with E-state index in [0.29, 0.717) is 0 Å². The van der Waals surface area contributed by atoms with Gasteiger partial charge in [0.15, 0.2) is 0 Å². The molecule has 0 saturated carbocycles. The molecule has 3 nitrogen and oxygen atoms in total. The predicted octanol–water partition coefficient (Wildman–Crippen LogP) is 3.43. The molecule has 2 aromatic carbocycles. The molecule has 0 fully saturated rings. The predicted molar refractivity (Wildman–Crippen MR) is 87.1 cm³/mol. The maximum atomic E-state index is 12.8. The van der Waals surface area contributed by atoms with Gasteiger partial charge >= 0.3 is 0 Å². The van der Waals surface area contributed by atoms with Gasteiger partial charge in [-0.15, -0.1) is 0 Å². The summed E-state index contributed by atoms with van der Waals surface area (Å²) in [7, 11) is 2.07. The summed E-state index contributed by atoms with van der Waals surface area (Å²) in [5, 5.41) is 3.39. The van der Waals surface area contributed by atoms with Crippen molar-refractivity contribution in [2.24, 2.45) is 7.05 Å². The van der Waals surface area contributed by atoms with E-state index in [1.165, 1.54) is 17.6 Å². The van der Waals surface area contributed by atoms with Crippen LogP contribution in [0.1, 0.15) is 17.8 Å². The smallest absolute Gasteiger partial charge is 0.123 e. The Hall–Kier alpha value is -2.20. The number of fused-ring (bicyclic) bond motifs is 1. The Bertz CT molecular complexity index is 747. The minimum atomic E-state index is -0.189. The number of aryl methyl sites for hydroxylation is 2. The number of hydrogen-bond donors (Lipinski definition) is 1. The average Bonchev–Trinajstić information content (AvgIpc) is 2.86. The van der Waals surface area contributed by atoms with E-state index in [4.69, 9.17) is 0 Å². The van der Waals surface area contributed by atoms with Gasteiger partial charge in [0.1, 0.15) is 11.6 Å². The zero-order valence-corrected chi connectivity index (χ0v) is 12.7. The van der Waals surface area contributed by atoms with Gasteiger partial charge in [-0.05, 0) is 42.8 Å². The summed E-state index contributed by atoms with van der Waals surface area (Å²) >= 11 is 0. The highest BCUT2D eigenvalue weighted by Crippen LogP contribution is 2.15. The number of hydrogen-bond acceptors (Lipinski definition) is 2. The average molecular weight is 297 g/mol. The highest BCUT2D eigenvalue weighted by molar-refractivity contribution is 5.75. The van der Waals surface area contributed by atoms with Gasteiger partial charge in [-0.25, -0.2) is 9.37 Å². The van der Waals surface area contributed by atoms with Gasteiger partial charge in [0.05, 0.1) is 11.0 Å². The fraction of sp³-hybridized carbons (Fsp3) is 0.278. The monoisotopic (exact) mass is 297 g/mol. The van der Waals surface area contributed by atoms with Gasteiger partial charge in [0.25, 0.3) is 0 Å². The number of imidazole rings is 1. The van der Waals surface area contributed by atoms with Crippen LogP contribution in [0.4, 0.5) is 4.39 Å². The summed E-state index contributed by atoms with van der Waals surface area (Å²) in [5.74, 6) is 0.926. The van der Waals surface area contributed by atoms with Crippen LogP contribution in [0.15, 0.2) is 48.5 Å².